The number of rotatable bonds is 5. The van der Waals surface area contributed by atoms with Gasteiger partial charge in [-0.15, -0.1) is 0 Å². The summed E-state index contributed by atoms with van der Waals surface area (Å²) >= 11 is 5.02. The van der Waals surface area contributed by atoms with Crippen LogP contribution in [-0.4, -0.2) is 27.3 Å². The van der Waals surface area contributed by atoms with Gasteiger partial charge >= 0.3 is 0 Å². The molecule has 0 atom stereocenters. The first-order chi connectivity index (χ1) is 8.97. The second kappa shape index (κ2) is 7.73. The highest BCUT2D eigenvalue weighted by atomic mass is 32.1. The van der Waals surface area contributed by atoms with Crippen molar-refractivity contribution in [2.75, 3.05) is 6.54 Å². The van der Waals surface area contributed by atoms with Crippen molar-refractivity contribution in [1.82, 2.24) is 25.9 Å². The van der Waals surface area contributed by atoms with Crippen molar-refractivity contribution in [3.8, 4) is 0 Å². The number of hydrazine groups is 1. The normalized spacial score (nSPS) is 10.3. The van der Waals surface area contributed by atoms with Crippen molar-refractivity contribution in [3.05, 3.63) is 18.0 Å². The quantitative estimate of drug-likeness (QED) is 0.549. The smallest absolute Gasteiger partial charge is 0.240 e. The molecule has 0 fully saturated rings. The highest BCUT2D eigenvalue weighted by molar-refractivity contribution is 7.80. The lowest BCUT2D eigenvalue weighted by atomic mass is 10.2. The highest BCUT2D eigenvalue weighted by Crippen LogP contribution is 1.95. The number of hydrogen-bond acceptors (Lipinski definition) is 3. The number of aromatic nitrogens is 2. The maximum atomic E-state index is 11.6. The molecule has 0 aromatic carbocycles. The van der Waals surface area contributed by atoms with E-state index < -0.39 is 0 Å². The van der Waals surface area contributed by atoms with Gasteiger partial charge in [0.25, 0.3) is 0 Å². The predicted molar refractivity (Wildman–Crippen MR) is 78.3 cm³/mol. The van der Waals surface area contributed by atoms with Gasteiger partial charge in [0.1, 0.15) is 0 Å². The van der Waals surface area contributed by atoms with Crippen molar-refractivity contribution in [2.24, 2.45) is 5.92 Å². The zero-order chi connectivity index (χ0) is 14.3. The molecule has 0 unspecified atom stereocenters. The van der Waals surface area contributed by atoms with E-state index in [9.17, 15) is 4.79 Å². The van der Waals surface area contributed by atoms with Gasteiger partial charge in [-0.05, 0) is 30.6 Å². The van der Waals surface area contributed by atoms with E-state index in [0.29, 0.717) is 24.0 Å². The van der Waals surface area contributed by atoms with Gasteiger partial charge < -0.3 is 5.32 Å². The molecule has 0 aliphatic carbocycles. The fourth-order valence-electron chi connectivity index (χ4n) is 1.34. The van der Waals surface area contributed by atoms with Gasteiger partial charge in [0.05, 0.1) is 6.20 Å². The summed E-state index contributed by atoms with van der Waals surface area (Å²) in [6.45, 7) is 7.45. The lowest BCUT2D eigenvalue weighted by Crippen LogP contribution is -2.47. The first-order valence-corrected chi connectivity index (χ1v) is 6.70. The van der Waals surface area contributed by atoms with Gasteiger partial charge in [-0.3, -0.25) is 20.3 Å². The molecule has 0 saturated carbocycles. The Balaban J connectivity index is 2.15. The van der Waals surface area contributed by atoms with Crippen LogP contribution in [0.2, 0.25) is 0 Å². The molecule has 0 saturated heterocycles. The molecular formula is C12H21N5OS. The molecule has 1 heterocycles. The highest BCUT2D eigenvalue weighted by Gasteiger charge is 2.03. The van der Waals surface area contributed by atoms with E-state index in [1.54, 1.807) is 10.9 Å². The van der Waals surface area contributed by atoms with Crippen molar-refractivity contribution in [3.63, 3.8) is 0 Å². The Kier molecular flexibility index (Phi) is 6.27. The van der Waals surface area contributed by atoms with Gasteiger partial charge in [-0.1, -0.05) is 13.8 Å². The molecule has 19 heavy (non-hydrogen) atoms. The Morgan fingerprint density at radius 2 is 2.21 bits per heavy atom. The van der Waals surface area contributed by atoms with Crippen LogP contribution in [0.5, 0.6) is 0 Å². The molecule has 1 rings (SSSR count). The third-order valence-electron chi connectivity index (χ3n) is 2.32. The van der Waals surface area contributed by atoms with Gasteiger partial charge in [0, 0.05) is 25.7 Å². The van der Waals surface area contributed by atoms with Gasteiger partial charge in [-0.25, -0.2) is 0 Å². The Morgan fingerprint density at radius 1 is 1.47 bits per heavy atom. The molecule has 0 spiro atoms. The fraction of sp³-hybridized carbons (Fsp3) is 0.583. The summed E-state index contributed by atoms with van der Waals surface area (Å²) in [7, 11) is 0. The number of carbonyl (C=O) groups excluding carboxylic acids is 1. The monoisotopic (exact) mass is 283 g/mol. The minimum absolute atomic E-state index is 0.123. The summed E-state index contributed by atoms with van der Waals surface area (Å²) in [5.41, 5.74) is 6.30. The summed E-state index contributed by atoms with van der Waals surface area (Å²) in [6, 6.07) is 0. The fourth-order valence-corrected chi connectivity index (χ4v) is 1.47. The molecule has 0 radical (unpaired) electrons. The van der Waals surface area contributed by atoms with E-state index in [1.165, 1.54) is 0 Å². The molecule has 1 aromatic heterocycles. The van der Waals surface area contributed by atoms with Crippen molar-refractivity contribution in [2.45, 2.75) is 33.7 Å². The van der Waals surface area contributed by atoms with Crippen LogP contribution in [0.15, 0.2) is 12.4 Å². The standard InChI is InChI=1S/C12H21N5OS/c1-9(2)6-13-12(19)16-15-11(18)4-5-17-8-10(3)7-14-17/h7-9H,4-6H2,1-3H3,(H,15,18)(H2,13,16,19). The van der Waals surface area contributed by atoms with E-state index >= 15 is 0 Å². The third kappa shape index (κ3) is 6.76. The molecular weight excluding hydrogens is 262 g/mol. The van der Waals surface area contributed by atoms with Crippen LogP contribution in [0.3, 0.4) is 0 Å². The third-order valence-corrected chi connectivity index (χ3v) is 2.56. The molecule has 0 aliphatic heterocycles. The van der Waals surface area contributed by atoms with Crippen molar-refractivity contribution < 1.29 is 4.79 Å². The Bertz CT molecular complexity index is 430. The Hall–Kier alpha value is -1.63. The molecule has 6 nitrogen and oxygen atoms in total. The lowest BCUT2D eigenvalue weighted by molar-refractivity contribution is -0.121. The van der Waals surface area contributed by atoms with E-state index in [4.69, 9.17) is 12.2 Å². The number of hydrogen-bond donors (Lipinski definition) is 3. The second-order valence-corrected chi connectivity index (χ2v) is 5.22. The summed E-state index contributed by atoms with van der Waals surface area (Å²) in [5.74, 6) is 0.375. The van der Waals surface area contributed by atoms with Crippen LogP contribution in [0.25, 0.3) is 0 Å². The molecule has 7 heteroatoms. The molecule has 1 aromatic rings. The van der Waals surface area contributed by atoms with E-state index in [-0.39, 0.29) is 5.91 Å². The van der Waals surface area contributed by atoms with Crippen LogP contribution in [0.4, 0.5) is 0 Å². The molecule has 3 N–H and O–H groups in total. The van der Waals surface area contributed by atoms with E-state index in [2.05, 4.69) is 35.1 Å². The minimum Gasteiger partial charge on any atom is -0.361 e. The topological polar surface area (TPSA) is 71.0 Å². The van der Waals surface area contributed by atoms with Crippen molar-refractivity contribution in [1.29, 1.82) is 0 Å². The van der Waals surface area contributed by atoms with Crippen LogP contribution in [0, 0.1) is 12.8 Å². The zero-order valence-corrected chi connectivity index (χ0v) is 12.4. The summed E-state index contributed by atoms with van der Waals surface area (Å²) in [5, 5.41) is 7.54. The number of thiocarbonyl (C=S) groups is 1. The van der Waals surface area contributed by atoms with Gasteiger partial charge in [-0.2, -0.15) is 5.10 Å². The molecule has 106 valence electrons. The zero-order valence-electron chi connectivity index (χ0n) is 11.6. The molecule has 0 aliphatic rings. The maximum absolute atomic E-state index is 11.6. The Morgan fingerprint density at radius 3 is 2.79 bits per heavy atom. The van der Waals surface area contributed by atoms with Crippen LogP contribution in [-0.2, 0) is 11.3 Å². The van der Waals surface area contributed by atoms with Crippen molar-refractivity contribution >= 4 is 23.2 Å². The summed E-state index contributed by atoms with van der Waals surface area (Å²) in [4.78, 5) is 11.6. The summed E-state index contributed by atoms with van der Waals surface area (Å²) < 4.78 is 1.74. The number of amides is 1. The Labute approximate surface area is 118 Å². The first-order valence-electron chi connectivity index (χ1n) is 6.29. The number of carbonyl (C=O) groups is 1. The minimum atomic E-state index is -0.123. The van der Waals surface area contributed by atoms with Gasteiger partial charge in [0.15, 0.2) is 5.11 Å². The average molecular weight is 283 g/mol. The number of nitrogens with zero attached hydrogens (tertiary/aromatic N) is 2. The van der Waals surface area contributed by atoms with Gasteiger partial charge in [0.2, 0.25) is 5.91 Å². The predicted octanol–water partition coefficient (Wildman–Crippen LogP) is 0.733. The van der Waals surface area contributed by atoms with Crippen LogP contribution in [0.1, 0.15) is 25.8 Å². The first kappa shape index (κ1) is 15.4. The largest absolute Gasteiger partial charge is 0.361 e. The average Bonchev–Trinajstić information content (AvgIpc) is 2.77. The second-order valence-electron chi connectivity index (χ2n) is 4.81. The number of nitrogens with one attached hydrogen (secondary N) is 3. The molecule has 1 amide bonds. The van der Waals surface area contributed by atoms with Crippen LogP contribution < -0.4 is 16.2 Å². The maximum Gasteiger partial charge on any atom is 0.240 e. The SMILES string of the molecule is Cc1cnn(CCC(=O)NNC(=S)NCC(C)C)c1. The number of aryl methyl sites for hydroxylation is 2. The van der Waals surface area contributed by atoms with Crippen LogP contribution >= 0.6 is 12.2 Å². The van der Waals surface area contributed by atoms with E-state index in [1.807, 2.05) is 13.1 Å². The summed E-state index contributed by atoms with van der Waals surface area (Å²) in [6.07, 6.45) is 4.01. The lowest BCUT2D eigenvalue weighted by Gasteiger charge is -2.12. The van der Waals surface area contributed by atoms with E-state index in [0.717, 1.165) is 12.1 Å². The molecule has 0 bridgehead atoms.